The summed E-state index contributed by atoms with van der Waals surface area (Å²) in [6.07, 6.45) is 0. The highest BCUT2D eigenvalue weighted by Gasteiger charge is 2.33. The fourth-order valence-corrected chi connectivity index (χ4v) is 1.48. The van der Waals surface area contributed by atoms with Crippen LogP contribution in [0.2, 0.25) is 0 Å². The molecule has 1 rings (SSSR count). The van der Waals surface area contributed by atoms with Gasteiger partial charge >= 0.3 is 0 Å². The third kappa shape index (κ3) is 2.12. The van der Waals surface area contributed by atoms with E-state index < -0.39 is 17.5 Å². The van der Waals surface area contributed by atoms with Crippen molar-refractivity contribution in [3.05, 3.63) is 34.1 Å². The number of hydrogen-bond donors (Lipinski definition) is 1. The Morgan fingerprint density at radius 2 is 2.07 bits per heavy atom. The first-order valence-corrected chi connectivity index (χ1v) is 5.05. The van der Waals surface area contributed by atoms with Crippen LogP contribution in [0, 0.1) is 5.82 Å². The van der Waals surface area contributed by atoms with Gasteiger partial charge in [-0.3, -0.25) is 0 Å². The number of halogens is 3. The molecule has 0 aliphatic carbocycles. The molecule has 0 saturated carbocycles. The van der Waals surface area contributed by atoms with Gasteiger partial charge in [0, 0.05) is 16.1 Å². The topological polar surface area (TPSA) is 26.0 Å². The molecule has 1 nitrogen and oxygen atoms in total. The first-order valence-electron chi connectivity index (χ1n) is 4.25. The summed E-state index contributed by atoms with van der Waals surface area (Å²) in [5.74, 6) is -0.574. The minimum atomic E-state index is -1.85. The van der Waals surface area contributed by atoms with Gasteiger partial charge < -0.3 is 5.73 Å². The van der Waals surface area contributed by atoms with E-state index in [0.717, 1.165) is 0 Å². The van der Waals surface area contributed by atoms with Crippen molar-refractivity contribution >= 4 is 15.9 Å². The molecule has 0 saturated heterocycles. The molecule has 14 heavy (non-hydrogen) atoms. The van der Waals surface area contributed by atoms with Crippen molar-refractivity contribution < 1.29 is 8.78 Å². The molecule has 2 unspecified atom stereocenters. The summed E-state index contributed by atoms with van der Waals surface area (Å²) in [6, 6.07) is 3.40. The Balaban J connectivity index is 3.24. The van der Waals surface area contributed by atoms with Crippen LogP contribution in [0.3, 0.4) is 0 Å². The summed E-state index contributed by atoms with van der Waals surface area (Å²) in [7, 11) is 0. The molecule has 0 bridgehead atoms. The molecule has 0 radical (unpaired) electrons. The molecule has 0 spiro atoms. The molecule has 0 aliphatic heterocycles. The van der Waals surface area contributed by atoms with E-state index in [1.165, 1.54) is 32.0 Å². The zero-order valence-corrected chi connectivity index (χ0v) is 9.61. The third-order valence-electron chi connectivity index (χ3n) is 2.31. The summed E-state index contributed by atoms with van der Waals surface area (Å²) in [6.45, 7) is 2.79. The largest absolute Gasteiger partial charge is 0.325 e. The number of hydrogen-bond acceptors (Lipinski definition) is 1. The van der Waals surface area contributed by atoms with E-state index in [1.54, 1.807) is 0 Å². The van der Waals surface area contributed by atoms with Gasteiger partial charge in [0.1, 0.15) is 5.82 Å². The van der Waals surface area contributed by atoms with E-state index in [-0.39, 0.29) is 5.56 Å². The van der Waals surface area contributed by atoms with Crippen molar-refractivity contribution in [2.24, 2.45) is 5.73 Å². The van der Waals surface area contributed by atoms with Crippen molar-refractivity contribution in [2.45, 2.75) is 25.6 Å². The van der Waals surface area contributed by atoms with Crippen molar-refractivity contribution in [1.82, 2.24) is 0 Å². The van der Waals surface area contributed by atoms with E-state index in [0.29, 0.717) is 4.47 Å². The average molecular weight is 264 g/mol. The van der Waals surface area contributed by atoms with Gasteiger partial charge in [-0.2, -0.15) is 0 Å². The third-order valence-corrected chi connectivity index (χ3v) is 2.80. The van der Waals surface area contributed by atoms with Gasteiger partial charge in [0.15, 0.2) is 5.67 Å². The Morgan fingerprint density at radius 3 is 2.57 bits per heavy atom. The fraction of sp³-hybridized carbons (Fsp3) is 0.400. The molecule has 1 aromatic rings. The average Bonchev–Trinajstić information content (AvgIpc) is 2.08. The fourth-order valence-electron chi connectivity index (χ4n) is 1.12. The predicted molar refractivity (Wildman–Crippen MR) is 56.2 cm³/mol. The number of benzene rings is 1. The maximum Gasteiger partial charge on any atom is 0.150 e. The second-order valence-electron chi connectivity index (χ2n) is 3.49. The maximum absolute atomic E-state index is 14.0. The van der Waals surface area contributed by atoms with Gasteiger partial charge in [0.25, 0.3) is 0 Å². The molecule has 1 aromatic carbocycles. The van der Waals surface area contributed by atoms with Crippen LogP contribution in [0.25, 0.3) is 0 Å². The van der Waals surface area contributed by atoms with Crippen LogP contribution < -0.4 is 5.73 Å². The van der Waals surface area contributed by atoms with E-state index in [2.05, 4.69) is 15.9 Å². The van der Waals surface area contributed by atoms with Gasteiger partial charge in [-0.05, 0) is 32.0 Å². The molecular weight excluding hydrogens is 252 g/mol. The summed E-state index contributed by atoms with van der Waals surface area (Å²) >= 11 is 3.16. The van der Waals surface area contributed by atoms with E-state index >= 15 is 0 Å². The van der Waals surface area contributed by atoms with Crippen LogP contribution in [-0.2, 0) is 5.67 Å². The predicted octanol–water partition coefficient (Wildman–Crippen LogP) is 3.12. The van der Waals surface area contributed by atoms with E-state index in [1.807, 2.05) is 0 Å². The highest BCUT2D eigenvalue weighted by molar-refractivity contribution is 9.10. The minimum absolute atomic E-state index is 0.0122. The standard InChI is InChI=1S/C10H12BrF2N/c1-6(14)10(2,13)8-5-7(11)3-4-9(8)12/h3-6H,14H2,1-2H3. The molecule has 0 heterocycles. The molecule has 4 heteroatoms. The van der Waals surface area contributed by atoms with Crippen LogP contribution in [0.15, 0.2) is 22.7 Å². The second kappa shape index (κ2) is 3.95. The molecule has 78 valence electrons. The molecular formula is C10H12BrF2N. The lowest BCUT2D eigenvalue weighted by molar-refractivity contribution is 0.152. The molecule has 0 aromatic heterocycles. The molecule has 0 amide bonds. The van der Waals surface area contributed by atoms with Crippen molar-refractivity contribution in [3.8, 4) is 0 Å². The van der Waals surface area contributed by atoms with E-state index in [4.69, 9.17) is 5.73 Å². The highest BCUT2D eigenvalue weighted by Crippen LogP contribution is 2.32. The lowest BCUT2D eigenvalue weighted by Gasteiger charge is -2.25. The monoisotopic (exact) mass is 263 g/mol. The lowest BCUT2D eigenvalue weighted by Crippen LogP contribution is -2.37. The van der Waals surface area contributed by atoms with Gasteiger partial charge in [-0.15, -0.1) is 0 Å². The molecule has 2 N–H and O–H groups in total. The molecule has 0 fully saturated rings. The number of nitrogens with two attached hydrogens (primary N) is 1. The van der Waals surface area contributed by atoms with Gasteiger partial charge in [0.2, 0.25) is 0 Å². The van der Waals surface area contributed by atoms with Crippen LogP contribution in [0.5, 0.6) is 0 Å². The smallest absolute Gasteiger partial charge is 0.150 e. The van der Waals surface area contributed by atoms with Gasteiger partial charge in [0.05, 0.1) is 0 Å². The minimum Gasteiger partial charge on any atom is -0.325 e. The Hall–Kier alpha value is -0.480. The second-order valence-corrected chi connectivity index (χ2v) is 4.40. The van der Waals surface area contributed by atoms with Crippen molar-refractivity contribution in [2.75, 3.05) is 0 Å². The van der Waals surface area contributed by atoms with Crippen LogP contribution >= 0.6 is 15.9 Å². The Bertz CT molecular complexity index is 337. The van der Waals surface area contributed by atoms with Crippen molar-refractivity contribution in [3.63, 3.8) is 0 Å². The Labute approximate surface area is 90.4 Å². The highest BCUT2D eigenvalue weighted by atomic mass is 79.9. The zero-order valence-electron chi connectivity index (χ0n) is 8.02. The molecule has 0 aliphatic rings. The normalized spacial score (nSPS) is 17.6. The summed E-state index contributed by atoms with van der Waals surface area (Å²) < 4.78 is 27.9. The quantitative estimate of drug-likeness (QED) is 0.872. The summed E-state index contributed by atoms with van der Waals surface area (Å²) in [5.41, 5.74) is 3.60. The first-order chi connectivity index (χ1) is 6.35. The summed E-state index contributed by atoms with van der Waals surface area (Å²) in [4.78, 5) is 0. The zero-order chi connectivity index (χ0) is 10.9. The molecule has 2 atom stereocenters. The first kappa shape index (κ1) is 11.6. The van der Waals surface area contributed by atoms with Gasteiger partial charge in [-0.1, -0.05) is 15.9 Å². The van der Waals surface area contributed by atoms with Gasteiger partial charge in [-0.25, -0.2) is 8.78 Å². The maximum atomic E-state index is 14.0. The van der Waals surface area contributed by atoms with Crippen LogP contribution in [0.1, 0.15) is 19.4 Å². The summed E-state index contributed by atoms with van der Waals surface area (Å²) in [5, 5.41) is 0. The Kier molecular flexibility index (Phi) is 3.27. The van der Waals surface area contributed by atoms with E-state index in [9.17, 15) is 8.78 Å². The SMILES string of the molecule is CC(N)C(C)(F)c1cc(Br)ccc1F. The number of alkyl halides is 1. The van der Waals surface area contributed by atoms with Crippen LogP contribution in [0.4, 0.5) is 8.78 Å². The number of rotatable bonds is 2. The van der Waals surface area contributed by atoms with Crippen LogP contribution in [-0.4, -0.2) is 6.04 Å². The lowest BCUT2D eigenvalue weighted by atomic mass is 9.91. The van der Waals surface area contributed by atoms with Crippen molar-refractivity contribution in [1.29, 1.82) is 0 Å². The Morgan fingerprint density at radius 1 is 1.50 bits per heavy atom.